The van der Waals surface area contributed by atoms with E-state index in [4.69, 9.17) is 9.47 Å². The van der Waals surface area contributed by atoms with Crippen molar-refractivity contribution in [2.24, 2.45) is 11.8 Å². The van der Waals surface area contributed by atoms with E-state index in [2.05, 4.69) is 10.6 Å². The molecule has 2 amide bonds. The third-order valence-corrected chi connectivity index (χ3v) is 4.83. The number of nitrogens with one attached hydrogen (secondary N) is 2. The normalized spacial score (nSPS) is 22.8. The lowest BCUT2D eigenvalue weighted by Crippen LogP contribution is -2.34. The lowest BCUT2D eigenvalue weighted by molar-refractivity contribution is -0.125. The van der Waals surface area contributed by atoms with Gasteiger partial charge in [0, 0.05) is 12.1 Å². The van der Waals surface area contributed by atoms with Crippen LogP contribution in [-0.4, -0.2) is 32.1 Å². The van der Waals surface area contributed by atoms with E-state index in [1.807, 2.05) is 0 Å². The summed E-state index contributed by atoms with van der Waals surface area (Å²) in [6, 6.07) is 5.51. The minimum absolute atomic E-state index is 0.0174. The van der Waals surface area contributed by atoms with Crippen LogP contribution in [0.5, 0.6) is 11.5 Å². The monoisotopic (exact) mass is 332 g/mol. The maximum absolute atomic E-state index is 12.4. The van der Waals surface area contributed by atoms with Gasteiger partial charge in [-0.15, -0.1) is 0 Å². The fraction of sp³-hybridized carbons (Fsp3) is 0.556. The van der Waals surface area contributed by atoms with Crippen LogP contribution in [0.25, 0.3) is 0 Å². The smallest absolute Gasteiger partial charge is 0.228 e. The number of hydrogen-bond acceptors (Lipinski definition) is 4. The van der Waals surface area contributed by atoms with E-state index < -0.39 is 0 Å². The van der Waals surface area contributed by atoms with Gasteiger partial charge in [0.25, 0.3) is 0 Å². The topological polar surface area (TPSA) is 76.7 Å². The Labute approximate surface area is 141 Å². The Kier molecular flexibility index (Phi) is 4.92. The second-order valence-electron chi connectivity index (χ2n) is 6.49. The Morgan fingerprint density at radius 1 is 1.04 bits per heavy atom. The highest BCUT2D eigenvalue weighted by Gasteiger charge is 2.48. The number of hydrogen-bond donors (Lipinski definition) is 2. The molecule has 2 aliphatic carbocycles. The van der Waals surface area contributed by atoms with Gasteiger partial charge < -0.3 is 20.1 Å². The number of carbonyl (C=O) groups excluding carboxylic acids is 2. The van der Waals surface area contributed by atoms with Gasteiger partial charge in [-0.3, -0.25) is 9.59 Å². The number of rotatable bonds is 6. The van der Waals surface area contributed by atoms with Crippen molar-refractivity contribution in [1.29, 1.82) is 0 Å². The van der Waals surface area contributed by atoms with E-state index in [1.54, 1.807) is 32.4 Å². The molecule has 6 heteroatoms. The molecule has 0 aromatic heterocycles. The van der Waals surface area contributed by atoms with E-state index in [0.29, 0.717) is 29.6 Å². The molecule has 2 saturated carbocycles. The Bertz CT molecular complexity index is 625. The first kappa shape index (κ1) is 16.6. The standard InChI is InChI=1S/C18H24N2O4/c1-23-12-7-8-15(16(9-12)24-2)20-18(22)14-10-13(14)17(21)19-11-5-3-4-6-11/h7-9,11,13-14H,3-6,10H2,1-2H3,(H,19,21)(H,20,22). The van der Waals surface area contributed by atoms with Crippen molar-refractivity contribution in [2.45, 2.75) is 38.1 Å². The first-order valence-corrected chi connectivity index (χ1v) is 8.45. The molecule has 0 heterocycles. The molecule has 1 aromatic carbocycles. The van der Waals surface area contributed by atoms with Gasteiger partial charge in [0.1, 0.15) is 11.5 Å². The number of ether oxygens (including phenoxy) is 2. The number of benzene rings is 1. The molecule has 0 bridgehead atoms. The fourth-order valence-corrected chi connectivity index (χ4v) is 3.28. The summed E-state index contributed by atoms with van der Waals surface area (Å²) in [6.07, 6.45) is 5.08. The van der Waals surface area contributed by atoms with Crippen LogP contribution in [0.1, 0.15) is 32.1 Å². The zero-order valence-electron chi connectivity index (χ0n) is 14.1. The van der Waals surface area contributed by atoms with Gasteiger partial charge in [-0.1, -0.05) is 12.8 Å². The molecule has 24 heavy (non-hydrogen) atoms. The Balaban J connectivity index is 1.55. The van der Waals surface area contributed by atoms with Gasteiger partial charge in [-0.2, -0.15) is 0 Å². The van der Waals surface area contributed by atoms with Gasteiger partial charge in [0.05, 0.1) is 31.7 Å². The van der Waals surface area contributed by atoms with E-state index >= 15 is 0 Å². The molecule has 2 unspecified atom stereocenters. The summed E-state index contributed by atoms with van der Waals surface area (Å²) < 4.78 is 10.4. The van der Waals surface area contributed by atoms with Crippen molar-refractivity contribution in [1.82, 2.24) is 5.32 Å². The third kappa shape index (κ3) is 3.63. The van der Waals surface area contributed by atoms with Crippen LogP contribution < -0.4 is 20.1 Å². The van der Waals surface area contributed by atoms with Crippen LogP contribution in [0.4, 0.5) is 5.69 Å². The van der Waals surface area contributed by atoms with Crippen LogP contribution in [-0.2, 0) is 9.59 Å². The van der Waals surface area contributed by atoms with Crippen LogP contribution in [0, 0.1) is 11.8 Å². The highest BCUT2D eigenvalue weighted by Crippen LogP contribution is 2.41. The molecule has 1 aromatic rings. The van der Waals surface area contributed by atoms with E-state index in [1.165, 1.54) is 12.8 Å². The van der Waals surface area contributed by atoms with E-state index in [-0.39, 0.29) is 23.7 Å². The second kappa shape index (κ2) is 7.11. The van der Waals surface area contributed by atoms with E-state index in [9.17, 15) is 9.59 Å². The lowest BCUT2D eigenvalue weighted by atomic mass is 10.2. The molecule has 2 fully saturated rings. The molecule has 0 spiro atoms. The maximum Gasteiger partial charge on any atom is 0.228 e. The van der Waals surface area contributed by atoms with Crippen molar-refractivity contribution in [3.05, 3.63) is 18.2 Å². The molecule has 2 aliphatic rings. The molecular weight excluding hydrogens is 308 g/mol. The van der Waals surface area contributed by atoms with Crippen molar-refractivity contribution in [3.8, 4) is 11.5 Å². The minimum atomic E-state index is -0.252. The molecule has 3 rings (SSSR count). The second-order valence-corrected chi connectivity index (χ2v) is 6.49. The summed E-state index contributed by atoms with van der Waals surface area (Å²) in [7, 11) is 3.12. The summed E-state index contributed by atoms with van der Waals surface area (Å²) in [4.78, 5) is 24.6. The zero-order chi connectivity index (χ0) is 17.1. The predicted molar refractivity (Wildman–Crippen MR) is 90.2 cm³/mol. The maximum atomic E-state index is 12.4. The molecule has 2 atom stereocenters. The summed E-state index contributed by atoms with van der Waals surface area (Å²) in [5.74, 6) is 0.627. The van der Waals surface area contributed by atoms with Crippen molar-refractivity contribution >= 4 is 17.5 Å². The van der Waals surface area contributed by atoms with Gasteiger partial charge in [0.15, 0.2) is 0 Å². The average Bonchev–Trinajstić information content (AvgIpc) is 3.25. The highest BCUT2D eigenvalue weighted by molar-refractivity contribution is 6.00. The first-order chi connectivity index (χ1) is 11.6. The number of anilines is 1. The zero-order valence-corrected chi connectivity index (χ0v) is 14.1. The minimum Gasteiger partial charge on any atom is -0.497 e. The van der Waals surface area contributed by atoms with Gasteiger partial charge >= 0.3 is 0 Å². The number of amides is 2. The summed E-state index contributed by atoms with van der Waals surface area (Å²) in [5, 5.41) is 5.92. The largest absolute Gasteiger partial charge is 0.497 e. The Morgan fingerprint density at radius 3 is 2.42 bits per heavy atom. The van der Waals surface area contributed by atoms with Gasteiger partial charge in [-0.25, -0.2) is 0 Å². The molecule has 130 valence electrons. The molecular formula is C18H24N2O4. The predicted octanol–water partition coefficient (Wildman–Crippen LogP) is 2.34. The van der Waals surface area contributed by atoms with Crippen LogP contribution in [0.2, 0.25) is 0 Å². The summed E-state index contributed by atoms with van der Waals surface area (Å²) in [6.45, 7) is 0. The van der Waals surface area contributed by atoms with E-state index in [0.717, 1.165) is 12.8 Å². The number of methoxy groups -OCH3 is 2. The Hall–Kier alpha value is -2.24. The lowest BCUT2D eigenvalue weighted by Gasteiger charge is -2.13. The van der Waals surface area contributed by atoms with Crippen molar-refractivity contribution in [3.63, 3.8) is 0 Å². The molecule has 0 radical (unpaired) electrons. The molecule has 6 nitrogen and oxygen atoms in total. The molecule has 0 aliphatic heterocycles. The van der Waals surface area contributed by atoms with Crippen molar-refractivity contribution < 1.29 is 19.1 Å². The molecule has 2 N–H and O–H groups in total. The Morgan fingerprint density at radius 2 is 1.75 bits per heavy atom. The van der Waals surface area contributed by atoms with Crippen LogP contribution in [0.15, 0.2) is 18.2 Å². The van der Waals surface area contributed by atoms with Crippen molar-refractivity contribution in [2.75, 3.05) is 19.5 Å². The highest BCUT2D eigenvalue weighted by atomic mass is 16.5. The average molecular weight is 332 g/mol. The summed E-state index contributed by atoms with van der Waals surface area (Å²) in [5.41, 5.74) is 0.588. The quantitative estimate of drug-likeness (QED) is 0.838. The SMILES string of the molecule is COc1ccc(NC(=O)C2CC2C(=O)NC2CCCC2)c(OC)c1. The van der Waals surface area contributed by atoms with Gasteiger partial charge in [-0.05, 0) is 31.4 Å². The fourth-order valence-electron chi connectivity index (χ4n) is 3.28. The van der Waals surface area contributed by atoms with Gasteiger partial charge in [0.2, 0.25) is 11.8 Å². The van der Waals surface area contributed by atoms with Crippen LogP contribution >= 0.6 is 0 Å². The summed E-state index contributed by atoms with van der Waals surface area (Å²) >= 11 is 0. The molecule has 0 saturated heterocycles. The first-order valence-electron chi connectivity index (χ1n) is 8.45. The van der Waals surface area contributed by atoms with Crippen LogP contribution in [0.3, 0.4) is 0 Å². The number of carbonyl (C=O) groups is 2. The third-order valence-electron chi connectivity index (χ3n) is 4.83.